The second kappa shape index (κ2) is 4.57. The van der Waals surface area contributed by atoms with Crippen LogP contribution in [-0.4, -0.2) is 29.6 Å². The first-order valence-corrected chi connectivity index (χ1v) is 6.42. The number of aromatic nitrogens is 1. The van der Waals surface area contributed by atoms with E-state index in [1.807, 2.05) is 0 Å². The average Bonchev–Trinajstić information content (AvgIpc) is 3.05. The second-order valence-corrected chi connectivity index (χ2v) is 4.89. The first-order chi connectivity index (χ1) is 8.75. The summed E-state index contributed by atoms with van der Waals surface area (Å²) < 4.78 is 5.48. The molecule has 0 spiro atoms. The van der Waals surface area contributed by atoms with E-state index in [0.717, 1.165) is 25.7 Å². The number of carbonyl (C=O) groups excluding carboxylic acids is 1. The fourth-order valence-corrected chi connectivity index (χ4v) is 2.28. The minimum Gasteiger partial charge on any atom is -0.397 e. The molecule has 1 atom stereocenters. The molecule has 0 bridgehead atoms. The quantitative estimate of drug-likeness (QED) is 0.875. The highest BCUT2D eigenvalue weighted by molar-refractivity contribution is 5.97. The van der Waals surface area contributed by atoms with Crippen LogP contribution in [0.2, 0.25) is 0 Å². The molecule has 96 valence electrons. The Morgan fingerprint density at radius 3 is 2.78 bits per heavy atom. The van der Waals surface area contributed by atoms with Gasteiger partial charge in [-0.05, 0) is 37.8 Å². The van der Waals surface area contributed by atoms with Crippen LogP contribution in [0.4, 0.5) is 11.5 Å². The number of pyridine rings is 1. The van der Waals surface area contributed by atoms with Crippen molar-refractivity contribution in [2.45, 2.75) is 37.8 Å². The highest BCUT2D eigenvalue weighted by Crippen LogP contribution is 2.32. The minimum absolute atomic E-state index is 0.0484. The molecule has 0 aromatic carbocycles. The van der Waals surface area contributed by atoms with Gasteiger partial charge in [-0.3, -0.25) is 9.69 Å². The van der Waals surface area contributed by atoms with Crippen molar-refractivity contribution in [2.75, 3.05) is 17.2 Å². The van der Waals surface area contributed by atoms with E-state index >= 15 is 0 Å². The summed E-state index contributed by atoms with van der Waals surface area (Å²) in [5.74, 6) is 0.736. The Morgan fingerprint density at radius 1 is 1.39 bits per heavy atom. The summed E-state index contributed by atoms with van der Waals surface area (Å²) in [5.41, 5.74) is 6.24. The largest absolute Gasteiger partial charge is 0.397 e. The lowest BCUT2D eigenvalue weighted by molar-refractivity contribution is -0.127. The fraction of sp³-hybridized carbons (Fsp3) is 0.538. The van der Waals surface area contributed by atoms with E-state index < -0.39 is 0 Å². The molecule has 1 saturated carbocycles. The van der Waals surface area contributed by atoms with Crippen molar-refractivity contribution in [3.05, 3.63) is 18.3 Å². The van der Waals surface area contributed by atoms with Gasteiger partial charge in [0.15, 0.2) is 0 Å². The maximum absolute atomic E-state index is 12.4. The monoisotopic (exact) mass is 247 g/mol. The number of hydrogen-bond acceptors (Lipinski definition) is 4. The highest BCUT2D eigenvalue weighted by Gasteiger charge is 2.38. The lowest BCUT2D eigenvalue weighted by Crippen LogP contribution is -2.41. The van der Waals surface area contributed by atoms with Crippen molar-refractivity contribution in [3.63, 3.8) is 0 Å². The number of amides is 1. The number of nitrogens with zero attached hydrogens (tertiary/aromatic N) is 2. The molecule has 1 aromatic rings. The van der Waals surface area contributed by atoms with E-state index in [1.165, 1.54) is 0 Å². The summed E-state index contributed by atoms with van der Waals surface area (Å²) in [4.78, 5) is 18.5. The number of hydrogen-bond donors (Lipinski definition) is 1. The van der Waals surface area contributed by atoms with Crippen molar-refractivity contribution < 1.29 is 9.53 Å². The van der Waals surface area contributed by atoms with Gasteiger partial charge < -0.3 is 10.5 Å². The van der Waals surface area contributed by atoms with Gasteiger partial charge >= 0.3 is 0 Å². The van der Waals surface area contributed by atoms with Crippen LogP contribution >= 0.6 is 0 Å². The predicted molar refractivity (Wildman–Crippen MR) is 68.1 cm³/mol. The van der Waals surface area contributed by atoms with Gasteiger partial charge in [-0.2, -0.15) is 0 Å². The number of nitrogen functional groups attached to an aromatic ring is 1. The summed E-state index contributed by atoms with van der Waals surface area (Å²) >= 11 is 0. The van der Waals surface area contributed by atoms with Gasteiger partial charge in [0.1, 0.15) is 11.9 Å². The SMILES string of the molecule is Nc1ccc(N(C(=O)C2CCCO2)C2CC2)nc1. The standard InChI is InChI=1S/C13H17N3O2/c14-9-3-6-12(15-8-9)16(10-4-5-10)13(17)11-2-1-7-18-11/h3,6,8,10-11H,1-2,4-5,7,14H2. The molecule has 0 radical (unpaired) electrons. The van der Waals surface area contributed by atoms with Crippen LogP contribution in [0.25, 0.3) is 0 Å². The maximum Gasteiger partial charge on any atom is 0.257 e. The average molecular weight is 247 g/mol. The lowest BCUT2D eigenvalue weighted by atomic mass is 10.2. The molecule has 1 aromatic heterocycles. The van der Waals surface area contributed by atoms with E-state index in [4.69, 9.17) is 10.5 Å². The number of rotatable bonds is 3. The molecule has 2 aliphatic rings. The van der Waals surface area contributed by atoms with Gasteiger partial charge in [0.05, 0.1) is 11.9 Å². The van der Waals surface area contributed by atoms with Gasteiger partial charge in [-0.15, -0.1) is 0 Å². The summed E-state index contributed by atoms with van der Waals surface area (Å²) in [6.07, 6.45) is 5.17. The molecule has 5 nitrogen and oxygen atoms in total. The van der Waals surface area contributed by atoms with Crippen LogP contribution in [0.1, 0.15) is 25.7 Å². The Labute approximate surface area is 106 Å². The van der Waals surface area contributed by atoms with Crippen LogP contribution in [0.3, 0.4) is 0 Å². The van der Waals surface area contributed by atoms with Gasteiger partial charge in [-0.25, -0.2) is 4.98 Å². The van der Waals surface area contributed by atoms with Gasteiger partial charge in [0, 0.05) is 12.6 Å². The van der Waals surface area contributed by atoms with Gasteiger partial charge in [0.2, 0.25) is 0 Å². The van der Waals surface area contributed by atoms with E-state index in [-0.39, 0.29) is 18.1 Å². The third kappa shape index (κ3) is 2.18. The molecule has 2 fully saturated rings. The zero-order chi connectivity index (χ0) is 12.5. The summed E-state index contributed by atoms with van der Waals surface area (Å²) in [6.45, 7) is 0.685. The van der Waals surface area contributed by atoms with E-state index in [0.29, 0.717) is 18.1 Å². The van der Waals surface area contributed by atoms with Crippen molar-refractivity contribution in [2.24, 2.45) is 0 Å². The fourth-order valence-electron chi connectivity index (χ4n) is 2.28. The first-order valence-electron chi connectivity index (χ1n) is 6.42. The minimum atomic E-state index is -0.287. The predicted octanol–water partition coefficient (Wildman–Crippen LogP) is 1.34. The number of carbonyl (C=O) groups is 1. The highest BCUT2D eigenvalue weighted by atomic mass is 16.5. The number of anilines is 2. The number of ether oxygens (including phenoxy) is 1. The van der Waals surface area contributed by atoms with Crippen molar-refractivity contribution in [3.8, 4) is 0 Å². The Balaban J connectivity index is 1.83. The number of nitrogens with two attached hydrogens (primary N) is 1. The molecule has 2 heterocycles. The van der Waals surface area contributed by atoms with E-state index in [1.54, 1.807) is 23.2 Å². The Bertz CT molecular complexity index is 436. The lowest BCUT2D eigenvalue weighted by Gasteiger charge is -2.24. The smallest absolute Gasteiger partial charge is 0.257 e. The van der Waals surface area contributed by atoms with Crippen molar-refractivity contribution >= 4 is 17.4 Å². The first kappa shape index (κ1) is 11.5. The third-order valence-corrected chi connectivity index (χ3v) is 3.37. The zero-order valence-corrected chi connectivity index (χ0v) is 10.2. The van der Waals surface area contributed by atoms with Crippen LogP contribution < -0.4 is 10.6 Å². The van der Waals surface area contributed by atoms with Crippen LogP contribution in [0.15, 0.2) is 18.3 Å². The van der Waals surface area contributed by atoms with Gasteiger partial charge in [-0.1, -0.05) is 0 Å². The third-order valence-electron chi connectivity index (χ3n) is 3.37. The zero-order valence-electron chi connectivity index (χ0n) is 10.2. The van der Waals surface area contributed by atoms with Crippen molar-refractivity contribution in [1.29, 1.82) is 0 Å². The molecule has 5 heteroatoms. The normalized spacial score (nSPS) is 23.0. The topological polar surface area (TPSA) is 68.5 Å². The van der Waals surface area contributed by atoms with Crippen LogP contribution in [0, 0.1) is 0 Å². The van der Waals surface area contributed by atoms with Crippen LogP contribution in [-0.2, 0) is 9.53 Å². The molecular weight excluding hydrogens is 230 g/mol. The molecule has 3 rings (SSSR count). The molecule has 18 heavy (non-hydrogen) atoms. The summed E-state index contributed by atoms with van der Waals surface area (Å²) in [6, 6.07) is 3.87. The summed E-state index contributed by atoms with van der Waals surface area (Å²) in [7, 11) is 0. The summed E-state index contributed by atoms with van der Waals surface area (Å²) in [5, 5.41) is 0. The Hall–Kier alpha value is -1.62. The molecule has 1 saturated heterocycles. The van der Waals surface area contributed by atoms with Crippen LogP contribution in [0.5, 0.6) is 0 Å². The molecule has 1 unspecified atom stereocenters. The second-order valence-electron chi connectivity index (χ2n) is 4.89. The van der Waals surface area contributed by atoms with Gasteiger partial charge in [0.25, 0.3) is 5.91 Å². The Morgan fingerprint density at radius 2 is 2.22 bits per heavy atom. The Kier molecular flexibility index (Phi) is 2.91. The van der Waals surface area contributed by atoms with E-state index in [9.17, 15) is 4.79 Å². The maximum atomic E-state index is 12.4. The van der Waals surface area contributed by atoms with E-state index in [2.05, 4.69) is 4.98 Å². The molecule has 2 N–H and O–H groups in total. The van der Waals surface area contributed by atoms with Crippen molar-refractivity contribution in [1.82, 2.24) is 4.98 Å². The molecule has 1 aliphatic carbocycles. The molecule has 1 amide bonds. The molecule has 1 aliphatic heterocycles. The molecular formula is C13H17N3O2.